The van der Waals surface area contributed by atoms with Gasteiger partial charge in [0.15, 0.2) is 0 Å². The highest BCUT2D eigenvalue weighted by Crippen LogP contribution is 2.28. The third kappa shape index (κ3) is 3.16. The second kappa shape index (κ2) is 6.20. The Morgan fingerprint density at radius 2 is 1.89 bits per heavy atom. The molecule has 1 amide bonds. The molecule has 0 aliphatic heterocycles. The Balaban J connectivity index is 2.06. The lowest BCUT2D eigenvalue weighted by molar-refractivity contribution is -0.135. The maximum absolute atomic E-state index is 12.5. The highest BCUT2D eigenvalue weighted by Gasteiger charge is 2.30. The van der Waals surface area contributed by atoms with E-state index < -0.39 is 6.04 Å². The molecule has 2 unspecified atom stereocenters. The molecule has 0 radical (unpaired) electrons. The van der Waals surface area contributed by atoms with Gasteiger partial charge in [0, 0.05) is 13.1 Å². The summed E-state index contributed by atoms with van der Waals surface area (Å²) in [4.78, 5) is 14.4. The minimum absolute atomic E-state index is 0.0324. The van der Waals surface area contributed by atoms with Crippen molar-refractivity contribution in [2.45, 2.75) is 44.7 Å². The average Bonchev–Trinajstić information content (AvgIpc) is 2.46. The van der Waals surface area contributed by atoms with Crippen molar-refractivity contribution in [3.05, 3.63) is 35.9 Å². The number of rotatable bonds is 3. The third-order valence-electron chi connectivity index (χ3n) is 4.34. The Labute approximate surface area is 115 Å². The predicted octanol–water partition coefficient (Wildman–Crippen LogP) is 2.72. The van der Waals surface area contributed by atoms with Crippen molar-refractivity contribution in [1.82, 2.24) is 4.90 Å². The van der Waals surface area contributed by atoms with Crippen LogP contribution < -0.4 is 5.73 Å². The van der Waals surface area contributed by atoms with Crippen LogP contribution in [0.25, 0.3) is 0 Å². The van der Waals surface area contributed by atoms with Gasteiger partial charge >= 0.3 is 0 Å². The molecule has 0 spiro atoms. The standard InChI is InChI=1S/C16H24N2O/c1-12-8-6-7-11-14(12)18(2)16(19)15(17)13-9-4-3-5-10-13/h3-5,9-10,12,14-15H,6-8,11,17H2,1-2H3/t12?,14?,15-/m0/s1. The number of benzene rings is 1. The molecule has 1 aromatic rings. The third-order valence-corrected chi connectivity index (χ3v) is 4.34. The van der Waals surface area contributed by atoms with Crippen LogP contribution in [0.3, 0.4) is 0 Å². The maximum atomic E-state index is 12.5. The molecule has 1 aliphatic rings. The van der Waals surface area contributed by atoms with Gasteiger partial charge in [-0.05, 0) is 24.3 Å². The number of nitrogens with two attached hydrogens (primary N) is 1. The van der Waals surface area contributed by atoms with E-state index in [9.17, 15) is 4.79 Å². The van der Waals surface area contributed by atoms with E-state index >= 15 is 0 Å². The van der Waals surface area contributed by atoms with Crippen molar-refractivity contribution in [1.29, 1.82) is 0 Å². The minimum atomic E-state index is -0.541. The number of nitrogens with zero attached hydrogens (tertiary/aromatic N) is 1. The first-order chi connectivity index (χ1) is 9.11. The van der Waals surface area contributed by atoms with Gasteiger partial charge in [0.05, 0.1) is 0 Å². The monoisotopic (exact) mass is 260 g/mol. The van der Waals surface area contributed by atoms with Gasteiger partial charge in [-0.3, -0.25) is 4.79 Å². The van der Waals surface area contributed by atoms with Crippen LogP contribution in [0.1, 0.15) is 44.2 Å². The second-order valence-corrected chi connectivity index (χ2v) is 5.67. The predicted molar refractivity (Wildman–Crippen MR) is 77.6 cm³/mol. The van der Waals surface area contributed by atoms with E-state index in [1.165, 1.54) is 19.3 Å². The number of carbonyl (C=O) groups is 1. The highest BCUT2D eigenvalue weighted by molar-refractivity contribution is 5.83. The Morgan fingerprint density at radius 1 is 1.26 bits per heavy atom. The van der Waals surface area contributed by atoms with E-state index in [1.54, 1.807) is 0 Å². The van der Waals surface area contributed by atoms with Crippen molar-refractivity contribution in [3.8, 4) is 0 Å². The van der Waals surface area contributed by atoms with Crippen molar-refractivity contribution in [2.75, 3.05) is 7.05 Å². The molecule has 1 fully saturated rings. The molecule has 1 saturated carbocycles. The van der Waals surface area contributed by atoms with Gasteiger partial charge in [-0.25, -0.2) is 0 Å². The van der Waals surface area contributed by atoms with Gasteiger partial charge in [0.25, 0.3) is 0 Å². The number of likely N-dealkylation sites (N-methyl/N-ethyl adjacent to an activating group) is 1. The highest BCUT2D eigenvalue weighted by atomic mass is 16.2. The normalized spacial score (nSPS) is 24.8. The molecular weight excluding hydrogens is 236 g/mol. The van der Waals surface area contributed by atoms with Crippen molar-refractivity contribution < 1.29 is 4.79 Å². The fraction of sp³-hybridized carbons (Fsp3) is 0.562. The van der Waals surface area contributed by atoms with Crippen LogP contribution >= 0.6 is 0 Å². The number of hydrogen-bond acceptors (Lipinski definition) is 2. The summed E-state index contributed by atoms with van der Waals surface area (Å²) in [5.74, 6) is 0.607. The van der Waals surface area contributed by atoms with E-state index in [2.05, 4.69) is 6.92 Å². The summed E-state index contributed by atoms with van der Waals surface area (Å²) in [5.41, 5.74) is 6.99. The topological polar surface area (TPSA) is 46.3 Å². The largest absolute Gasteiger partial charge is 0.341 e. The van der Waals surface area contributed by atoms with Gasteiger partial charge in [-0.1, -0.05) is 50.1 Å². The average molecular weight is 260 g/mol. The lowest BCUT2D eigenvalue weighted by Crippen LogP contribution is -2.46. The summed E-state index contributed by atoms with van der Waals surface area (Å²) in [7, 11) is 1.90. The van der Waals surface area contributed by atoms with E-state index in [1.807, 2.05) is 42.3 Å². The summed E-state index contributed by atoms with van der Waals surface area (Å²) < 4.78 is 0. The Morgan fingerprint density at radius 3 is 2.53 bits per heavy atom. The zero-order valence-corrected chi connectivity index (χ0v) is 11.9. The van der Waals surface area contributed by atoms with E-state index in [-0.39, 0.29) is 5.91 Å². The van der Waals surface area contributed by atoms with Gasteiger partial charge in [0.1, 0.15) is 6.04 Å². The van der Waals surface area contributed by atoms with Gasteiger partial charge < -0.3 is 10.6 Å². The second-order valence-electron chi connectivity index (χ2n) is 5.67. The molecule has 3 heteroatoms. The molecule has 3 nitrogen and oxygen atoms in total. The SMILES string of the molecule is CC1CCCCC1N(C)C(=O)[C@@H](N)c1ccccc1. The molecular formula is C16H24N2O. The molecule has 2 N–H and O–H groups in total. The van der Waals surface area contributed by atoms with Gasteiger partial charge in [-0.2, -0.15) is 0 Å². The summed E-state index contributed by atoms with van der Waals surface area (Å²) in [6.07, 6.45) is 4.81. The zero-order chi connectivity index (χ0) is 13.8. The first-order valence-corrected chi connectivity index (χ1v) is 7.18. The summed E-state index contributed by atoms with van der Waals surface area (Å²) in [6.45, 7) is 2.24. The minimum Gasteiger partial charge on any atom is -0.341 e. The van der Waals surface area contributed by atoms with Crippen LogP contribution in [0.5, 0.6) is 0 Å². The molecule has 1 aliphatic carbocycles. The van der Waals surface area contributed by atoms with E-state index in [0.717, 1.165) is 12.0 Å². The van der Waals surface area contributed by atoms with Crippen molar-refractivity contribution >= 4 is 5.91 Å². The smallest absolute Gasteiger partial charge is 0.244 e. The Kier molecular flexibility index (Phi) is 4.59. The molecule has 0 bridgehead atoms. The first-order valence-electron chi connectivity index (χ1n) is 7.18. The molecule has 2 rings (SSSR count). The van der Waals surface area contributed by atoms with Crippen LogP contribution in [0.4, 0.5) is 0 Å². The van der Waals surface area contributed by atoms with Crippen LogP contribution in [0, 0.1) is 5.92 Å². The quantitative estimate of drug-likeness (QED) is 0.908. The Bertz CT molecular complexity index is 418. The Hall–Kier alpha value is -1.35. The van der Waals surface area contributed by atoms with Crippen LogP contribution in [-0.4, -0.2) is 23.9 Å². The van der Waals surface area contributed by atoms with Gasteiger partial charge in [0.2, 0.25) is 5.91 Å². The first kappa shape index (κ1) is 14.1. The molecule has 0 saturated heterocycles. The summed E-state index contributed by atoms with van der Waals surface area (Å²) in [6, 6.07) is 9.42. The molecule has 19 heavy (non-hydrogen) atoms. The molecule has 0 aromatic heterocycles. The molecule has 1 aromatic carbocycles. The van der Waals surface area contributed by atoms with Gasteiger partial charge in [-0.15, -0.1) is 0 Å². The zero-order valence-electron chi connectivity index (χ0n) is 11.9. The maximum Gasteiger partial charge on any atom is 0.244 e. The van der Waals surface area contributed by atoms with Crippen LogP contribution in [0.15, 0.2) is 30.3 Å². The lowest BCUT2D eigenvalue weighted by Gasteiger charge is -2.37. The fourth-order valence-electron chi connectivity index (χ4n) is 3.06. The molecule has 0 heterocycles. The van der Waals surface area contributed by atoms with Crippen molar-refractivity contribution in [3.63, 3.8) is 0 Å². The van der Waals surface area contributed by atoms with Crippen LogP contribution in [-0.2, 0) is 4.79 Å². The summed E-state index contributed by atoms with van der Waals surface area (Å²) in [5, 5.41) is 0. The van der Waals surface area contributed by atoms with E-state index in [0.29, 0.717) is 12.0 Å². The number of carbonyl (C=O) groups excluding carboxylic acids is 1. The number of hydrogen-bond donors (Lipinski definition) is 1. The number of amides is 1. The summed E-state index contributed by atoms with van der Waals surface area (Å²) >= 11 is 0. The van der Waals surface area contributed by atoms with E-state index in [4.69, 9.17) is 5.73 Å². The fourth-order valence-corrected chi connectivity index (χ4v) is 3.06. The lowest BCUT2D eigenvalue weighted by atomic mass is 9.85. The molecule has 3 atom stereocenters. The van der Waals surface area contributed by atoms with Crippen LogP contribution in [0.2, 0.25) is 0 Å². The van der Waals surface area contributed by atoms with Crippen molar-refractivity contribution in [2.24, 2.45) is 11.7 Å². The molecule has 104 valence electrons.